The van der Waals surface area contributed by atoms with E-state index in [-0.39, 0.29) is 30.1 Å². The number of ether oxygens (including phenoxy) is 1. The number of guanidine groups is 1. The number of fused-ring (bicyclic) bond motifs is 1. The molecule has 0 amide bonds. The fraction of sp³-hybridized carbons (Fsp3) is 0.750. The fourth-order valence-corrected chi connectivity index (χ4v) is 3.99. The van der Waals surface area contributed by atoms with Crippen molar-refractivity contribution in [2.24, 2.45) is 4.99 Å². The summed E-state index contributed by atoms with van der Waals surface area (Å²) < 4.78 is 5.97. The minimum absolute atomic E-state index is 0. The van der Waals surface area contributed by atoms with Gasteiger partial charge in [-0.25, -0.2) is 4.98 Å². The predicted molar refractivity (Wildman–Crippen MR) is 109 cm³/mol. The molecule has 0 saturated carbocycles. The van der Waals surface area contributed by atoms with E-state index in [0.717, 1.165) is 37.1 Å². The number of aryl methyl sites for hydroxylation is 1. The van der Waals surface area contributed by atoms with E-state index in [1.54, 1.807) is 18.4 Å². The summed E-state index contributed by atoms with van der Waals surface area (Å²) in [7, 11) is 1.80. The number of morpholine rings is 1. The van der Waals surface area contributed by atoms with Crippen LogP contribution >= 0.6 is 35.3 Å². The van der Waals surface area contributed by atoms with E-state index < -0.39 is 0 Å². The Morgan fingerprint density at radius 2 is 2.38 bits per heavy atom. The molecule has 3 rings (SSSR count). The van der Waals surface area contributed by atoms with Gasteiger partial charge in [0.2, 0.25) is 0 Å². The number of halogens is 1. The molecule has 0 aliphatic carbocycles. The molecule has 1 aromatic heterocycles. The Kier molecular flexibility index (Phi) is 8.18. The van der Waals surface area contributed by atoms with Crippen LogP contribution in [-0.2, 0) is 17.7 Å². The Morgan fingerprint density at radius 1 is 1.50 bits per heavy atom. The van der Waals surface area contributed by atoms with Gasteiger partial charge in [-0.2, -0.15) is 0 Å². The largest absolute Gasteiger partial charge is 0.373 e. The number of aliphatic imine (C=N–C) groups is 1. The lowest BCUT2D eigenvalue weighted by Crippen LogP contribution is -2.51. The van der Waals surface area contributed by atoms with Crippen molar-refractivity contribution in [1.82, 2.24) is 20.5 Å². The van der Waals surface area contributed by atoms with E-state index in [1.807, 2.05) is 6.20 Å². The second-order valence-corrected chi connectivity index (χ2v) is 7.33. The van der Waals surface area contributed by atoms with Gasteiger partial charge in [-0.1, -0.05) is 6.92 Å². The smallest absolute Gasteiger partial charge is 0.191 e. The molecule has 0 aromatic carbocycles. The zero-order valence-electron chi connectivity index (χ0n) is 14.5. The van der Waals surface area contributed by atoms with Crippen molar-refractivity contribution in [3.8, 4) is 0 Å². The lowest BCUT2D eigenvalue weighted by atomic mass is 10.2. The number of nitrogens with one attached hydrogen (secondary N) is 2. The van der Waals surface area contributed by atoms with Gasteiger partial charge in [0.1, 0.15) is 5.01 Å². The van der Waals surface area contributed by atoms with Gasteiger partial charge in [0.25, 0.3) is 0 Å². The third kappa shape index (κ3) is 5.27. The highest BCUT2D eigenvalue weighted by Gasteiger charge is 2.32. The van der Waals surface area contributed by atoms with Gasteiger partial charge in [0.05, 0.1) is 19.3 Å². The van der Waals surface area contributed by atoms with Crippen molar-refractivity contribution in [2.45, 2.75) is 44.9 Å². The first-order valence-corrected chi connectivity index (χ1v) is 9.34. The number of thiazole rings is 1. The van der Waals surface area contributed by atoms with Crippen LogP contribution in [-0.4, -0.2) is 61.3 Å². The molecular formula is C16H28IN5OS. The molecule has 24 heavy (non-hydrogen) atoms. The summed E-state index contributed by atoms with van der Waals surface area (Å²) in [5.74, 6) is 0.811. The minimum atomic E-state index is 0. The first-order valence-electron chi connectivity index (χ1n) is 8.52. The summed E-state index contributed by atoms with van der Waals surface area (Å²) >= 11 is 1.75. The molecule has 0 bridgehead atoms. The topological polar surface area (TPSA) is 61.8 Å². The van der Waals surface area contributed by atoms with E-state index in [1.165, 1.54) is 24.3 Å². The minimum Gasteiger partial charge on any atom is -0.373 e. The Morgan fingerprint density at radius 3 is 3.12 bits per heavy atom. The molecule has 2 fully saturated rings. The van der Waals surface area contributed by atoms with E-state index in [0.29, 0.717) is 12.6 Å². The molecule has 1 aromatic rings. The normalized spacial score (nSPS) is 24.3. The lowest BCUT2D eigenvalue weighted by Gasteiger charge is -2.35. The predicted octanol–water partition coefficient (Wildman–Crippen LogP) is 1.85. The maximum absolute atomic E-state index is 5.97. The van der Waals surface area contributed by atoms with E-state index >= 15 is 0 Å². The average Bonchev–Trinajstić information content (AvgIpc) is 3.23. The van der Waals surface area contributed by atoms with Gasteiger partial charge in [0.15, 0.2) is 5.96 Å². The molecule has 3 heterocycles. The van der Waals surface area contributed by atoms with Crippen LogP contribution in [0.15, 0.2) is 11.2 Å². The maximum atomic E-state index is 5.97. The number of nitrogens with zero attached hydrogens (tertiary/aromatic N) is 3. The van der Waals surface area contributed by atoms with Crippen molar-refractivity contribution in [1.29, 1.82) is 0 Å². The number of hydrogen-bond donors (Lipinski definition) is 2. The molecule has 8 heteroatoms. The molecule has 2 unspecified atom stereocenters. The lowest BCUT2D eigenvalue weighted by molar-refractivity contribution is -0.0453. The summed E-state index contributed by atoms with van der Waals surface area (Å²) in [6.45, 7) is 6.78. The van der Waals surface area contributed by atoms with E-state index in [4.69, 9.17) is 4.74 Å². The summed E-state index contributed by atoms with van der Waals surface area (Å²) in [5, 5.41) is 7.80. The van der Waals surface area contributed by atoms with Crippen molar-refractivity contribution in [2.75, 3.05) is 33.3 Å². The van der Waals surface area contributed by atoms with Crippen LogP contribution in [0.1, 0.15) is 29.7 Å². The fourth-order valence-electron chi connectivity index (χ4n) is 3.19. The molecule has 2 atom stereocenters. The van der Waals surface area contributed by atoms with Crippen LogP contribution in [0.4, 0.5) is 0 Å². The molecule has 2 aliphatic heterocycles. The molecule has 0 radical (unpaired) electrons. The number of rotatable bonds is 5. The third-order valence-electron chi connectivity index (χ3n) is 4.54. The Balaban J connectivity index is 0.00000208. The van der Waals surface area contributed by atoms with E-state index in [9.17, 15) is 0 Å². The molecule has 2 saturated heterocycles. The van der Waals surface area contributed by atoms with Gasteiger partial charge in [-0.05, 0) is 25.8 Å². The van der Waals surface area contributed by atoms with Crippen molar-refractivity contribution in [3.05, 3.63) is 16.1 Å². The monoisotopic (exact) mass is 465 g/mol. The zero-order chi connectivity index (χ0) is 16.1. The number of hydrogen-bond acceptors (Lipinski definition) is 5. The molecule has 136 valence electrons. The van der Waals surface area contributed by atoms with Gasteiger partial charge < -0.3 is 15.4 Å². The Labute approximate surface area is 165 Å². The Hall–Kier alpha value is -0.450. The second kappa shape index (κ2) is 9.88. The SMILES string of the molecule is CCc1cnc(CNC(=NC)NCC2CN3CCCC3CO2)s1.I. The van der Waals surface area contributed by atoms with Crippen LogP contribution in [0, 0.1) is 0 Å². The highest BCUT2D eigenvalue weighted by molar-refractivity contribution is 14.0. The summed E-state index contributed by atoms with van der Waals surface area (Å²) in [6.07, 6.45) is 5.85. The molecule has 6 nitrogen and oxygen atoms in total. The number of aromatic nitrogens is 1. The van der Waals surface area contributed by atoms with Gasteiger partial charge in [-0.3, -0.25) is 9.89 Å². The average molecular weight is 465 g/mol. The van der Waals surface area contributed by atoms with Crippen LogP contribution in [0.25, 0.3) is 0 Å². The third-order valence-corrected chi connectivity index (χ3v) is 5.68. The molecular weight excluding hydrogens is 437 g/mol. The van der Waals surface area contributed by atoms with Crippen molar-refractivity contribution in [3.63, 3.8) is 0 Å². The highest BCUT2D eigenvalue weighted by Crippen LogP contribution is 2.22. The summed E-state index contributed by atoms with van der Waals surface area (Å²) in [6, 6.07) is 0.654. The van der Waals surface area contributed by atoms with Crippen LogP contribution in [0.5, 0.6) is 0 Å². The van der Waals surface area contributed by atoms with Gasteiger partial charge >= 0.3 is 0 Å². The molecule has 2 aliphatic rings. The first kappa shape index (κ1) is 19.9. The maximum Gasteiger partial charge on any atom is 0.191 e. The van der Waals surface area contributed by atoms with Crippen LogP contribution < -0.4 is 10.6 Å². The van der Waals surface area contributed by atoms with Crippen LogP contribution in [0.2, 0.25) is 0 Å². The van der Waals surface area contributed by atoms with Crippen molar-refractivity contribution < 1.29 is 4.74 Å². The molecule has 0 spiro atoms. The highest BCUT2D eigenvalue weighted by atomic mass is 127. The van der Waals surface area contributed by atoms with Crippen molar-refractivity contribution >= 4 is 41.3 Å². The van der Waals surface area contributed by atoms with E-state index in [2.05, 4.69) is 32.4 Å². The zero-order valence-corrected chi connectivity index (χ0v) is 17.6. The first-order chi connectivity index (χ1) is 11.3. The Bertz CT molecular complexity index is 538. The quantitative estimate of drug-likeness (QED) is 0.395. The second-order valence-electron chi connectivity index (χ2n) is 6.13. The standard InChI is InChI=1S/C16H27N5OS.HI/c1-3-14-8-18-15(23-14)9-20-16(17-2)19-7-13-10-21-6-4-5-12(21)11-22-13;/h8,12-13H,3-7,9-11H2,1-2H3,(H2,17,19,20);1H. The van der Waals surface area contributed by atoms with Gasteiger partial charge in [0, 0.05) is 37.3 Å². The van der Waals surface area contributed by atoms with Crippen LogP contribution in [0.3, 0.4) is 0 Å². The van der Waals surface area contributed by atoms with Gasteiger partial charge in [-0.15, -0.1) is 35.3 Å². The summed E-state index contributed by atoms with van der Waals surface area (Å²) in [4.78, 5) is 12.6. The summed E-state index contributed by atoms with van der Waals surface area (Å²) in [5.41, 5.74) is 0. The molecule has 2 N–H and O–H groups in total.